The van der Waals surface area contributed by atoms with Crippen molar-refractivity contribution in [3.63, 3.8) is 0 Å². The Morgan fingerprint density at radius 2 is 2.15 bits per heavy atom. The highest BCUT2D eigenvalue weighted by Gasteiger charge is 2.28. The summed E-state index contributed by atoms with van der Waals surface area (Å²) in [5, 5.41) is 14.3. The maximum absolute atomic E-state index is 11.7. The lowest BCUT2D eigenvalue weighted by Crippen LogP contribution is -2.24. The largest absolute Gasteiger partial charge is 0.375 e. The van der Waals surface area contributed by atoms with Crippen LogP contribution in [0.2, 0.25) is 0 Å². The first-order chi connectivity index (χ1) is 9.29. The molecule has 1 saturated heterocycles. The molecule has 1 unspecified atom stereocenters. The highest BCUT2D eigenvalue weighted by molar-refractivity contribution is 7.90. The van der Waals surface area contributed by atoms with Crippen molar-refractivity contribution in [2.24, 2.45) is 0 Å². The Kier molecular flexibility index (Phi) is 3.96. The summed E-state index contributed by atoms with van der Waals surface area (Å²) < 4.78 is 23.3. The summed E-state index contributed by atoms with van der Waals surface area (Å²) in [7, 11) is -1.66. The molecule has 1 heterocycles. The zero-order valence-corrected chi connectivity index (χ0v) is 12.2. The number of benzene rings is 1. The summed E-state index contributed by atoms with van der Waals surface area (Å²) in [4.78, 5) is 12.4. The van der Waals surface area contributed by atoms with Crippen molar-refractivity contribution >= 4 is 21.2 Å². The normalized spacial score (nSPS) is 20.0. The second-order valence-corrected chi connectivity index (χ2v) is 7.06. The lowest BCUT2D eigenvalue weighted by atomic mass is 10.2. The highest BCUT2D eigenvalue weighted by Crippen LogP contribution is 2.33. The first-order valence-electron chi connectivity index (χ1n) is 6.21. The Morgan fingerprint density at radius 3 is 2.65 bits per heavy atom. The van der Waals surface area contributed by atoms with Crippen LogP contribution >= 0.6 is 0 Å². The molecule has 0 aromatic heterocycles. The predicted molar refractivity (Wildman–Crippen MR) is 75.7 cm³/mol. The highest BCUT2D eigenvalue weighted by atomic mass is 32.2. The van der Waals surface area contributed by atoms with Crippen LogP contribution in [-0.2, 0) is 9.84 Å². The Bertz CT molecular complexity index is 630. The maximum Gasteiger partial charge on any atom is 0.310 e. The van der Waals surface area contributed by atoms with E-state index in [0.717, 1.165) is 25.8 Å². The smallest absolute Gasteiger partial charge is 0.310 e. The van der Waals surface area contributed by atoms with E-state index in [-0.39, 0.29) is 22.3 Å². The average molecular weight is 299 g/mol. The van der Waals surface area contributed by atoms with Crippen LogP contribution in [0.4, 0.5) is 11.4 Å². The number of nitro benzene ring substituents is 1. The number of hydrogen-bond acceptors (Lipinski definition) is 6. The van der Waals surface area contributed by atoms with Crippen LogP contribution in [0.15, 0.2) is 23.1 Å². The minimum atomic E-state index is -3.64. The Balaban J connectivity index is 2.40. The summed E-state index contributed by atoms with van der Waals surface area (Å²) in [6.45, 7) is 1.69. The molecule has 1 aromatic carbocycles. The van der Waals surface area contributed by atoms with E-state index in [0.29, 0.717) is 0 Å². The van der Waals surface area contributed by atoms with Crippen molar-refractivity contribution < 1.29 is 13.3 Å². The first-order valence-corrected chi connectivity index (χ1v) is 8.10. The number of rotatable bonds is 4. The molecule has 0 amide bonds. The zero-order chi connectivity index (χ0) is 14.9. The van der Waals surface area contributed by atoms with E-state index < -0.39 is 14.8 Å². The fourth-order valence-electron chi connectivity index (χ4n) is 2.40. The van der Waals surface area contributed by atoms with Gasteiger partial charge in [-0.2, -0.15) is 0 Å². The summed E-state index contributed by atoms with van der Waals surface area (Å²) in [5.41, 5.74) is -0.109. The quantitative estimate of drug-likeness (QED) is 0.661. The van der Waals surface area contributed by atoms with Crippen LogP contribution in [0.25, 0.3) is 0 Å². The molecular weight excluding hydrogens is 282 g/mol. The van der Waals surface area contributed by atoms with Gasteiger partial charge in [-0.05, 0) is 32.1 Å². The molecule has 0 radical (unpaired) electrons. The molecule has 110 valence electrons. The van der Waals surface area contributed by atoms with Gasteiger partial charge in [0.25, 0.3) is 0 Å². The molecule has 0 saturated carbocycles. The second kappa shape index (κ2) is 5.37. The molecule has 1 aliphatic heterocycles. The molecule has 1 atom stereocenters. The van der Waals surface area contributed by atoms with Gasteiger partial charge in [-0.1, -0.05) is 6.07 Å². The predicted octanol–water partition coefficient (Wildman–Crippen LogP) is 1.11. The van der Waals surface area contributed by atoms with E-state index in [1.807, 2.05) is 7.05 Å². The molecule has 1 fully saturated rings. The van der Waals surface area contributed by atoms with Crippen LogP contribution in [0.1, 0.15) is 6.42 Å². The third-order valence-corrected chi connectivity index (χ3v) is 4.46. The molecule has 0 bridgehead atoms. The minimum absolute atomic E-state index is 0.0912. The van der Waals surface area contributed by atoms with E-state index >= 15 is 0 Å². The molecule has 0 aliphatic carbocycles. The van der Waals surface area contributed by atoms with Gasteiger partial charge in [0.1, 0.15) is 10.6 Å². The van der Waals surface area contributed by atoms with Gasteiger partial charge in [0, 0.05) is 18.8 Å². The van der Waals surface area contributed by atoms with E-state index in [1.165, 1.54) is 12.1 Å². The van der Waals surface area contributed by atoms with Gasteiger partial charge in [0.2, 0.25) is 0 Å². The fraction of sp³-hybridized carbons (Fsp3) is 0.500. The number of anilines is 1. The van der Waals surface area contributed by atoms with Crippen molar-refractivity contribution in [3.8, 4) is 0 Å². The zero-order valence-electron chi connectivity index (χ0n) is 11.4. The Labute approximate surface area is 117 Å². The molecule has 7 nitrogen and oxygen atoms in total. The van der Waals surface area contributed by atoms with Gasteiger partial charge in [0.05, 0.1) is 4.92 Å². The second-order valence-electron chi connectivity index (χ2n) is 5.07. The molecule has 8 heteroatoms. The first kappa shape index (κ1) is 14.7. The van der Waals surface area contributed by atoms with Crippen molar-refractivity contribution in [1.29, 1.82) is 0 Å². The number of hydrogen-bond donors (Lipinski definition) is 1. The summed E-state index contributed by atoms with van der Waals surface area (Å²) >= 11 is 0. The van der Waals surface area contributed by atoms with Crippen molar-refractivity contribution in [2.45, 2.75) is 17.4 Å². The lowest BCUT2D eigenvalue weighted by Gasteiger charge is -2.15. The van der Waals surface area contributed by atoms with Gasteiger partial charge in [-0.15, -0.1) is 0 Å². The molecule has 1 aliphatic rings. The van der Waals surface area contributed by atoms with Crippen molar-refractivity contribution in [3.05, 3.63) is 28.3 Å². The summed E-state index contributed by atoms with van der Waals surface area (Å²) in [6, 6.07) is 4.42. The number of likely N-dealkylation sites (N-methyl/N-ethyl adjacent to an activating group) is 1. The molecule has 2 rings (SSSR count). The lowest BCUT2D eigenvalue weighted by molar-refractivity contribution is -0.386. The van der Waals surface area contributed by atoms with Crippen LogP contribution in [-0.4, -0.2) is 50.7 Å². The van der Waals surface area contributed by atoms with Gasteiger partial charge in [-0.25, -0.2) is 8.42 Å². The van der Waals surface area contributed by atoms with E-state index in [2.05, 4.69) is 10.2 Å². The number of nitrogens with zero attached hydrogens (tertiary/aromatic N) is 2. The summed E-state index contributed by atoms with van der Waals surface area (Å²) in [5.74, 6) is 0. The molecule has 0 spiro atoms. The van der Waals surface area contributed by atoms with Crippen molar-refractivity contribution in [2.75, 3.05) is 31.7 Å². The minimum Gasteiger partial charge on any atom is -0.375 e. The molecule has 1 aromatic rings. The van der Waals surface area contributed by atoms with Crippen LogP contribution in [0.5, 0.6) is 0 Å². The van der Waals surface area contributed by atoms with Crippen LogP contribution in [0, 0.1) is 10.1 Å². The topological polar surface area (TPSA) is 92.6 Å². The van der Waals surface area contributed by atoms with E-state index in [4.69, 9.17) is 0 Å². The maximum atomic E-state index is 11.7. The number of para-hydroxylation sites is 1. The van der Waals surface area contributed by atoms with Gasteiger partial charge in [0.15, 0.2) is 9.84 Å². The van der Waals surface area contributed by atoms with Gasteiger partial charge < -0.3 is 10.2 Å². The number of nitro groups is 1. The third-order valence-electron chi connectivity index (χ3n) is 3.33. The standard InChI is InChI=1S/C12H17N3O4S/c1-14-7-6-9(8-14)13-10-4-3-5-11(20(2,18)19)12(10)15(16)17/h3-5,9,13H,6-8H2,1-2H3. The SMILES string of the molecule is CN1CCC(Nc2cccc(S(C)(=O)=O)c2[N+](=O)[O-])C1. The van der Waals surface area contributed by atoms with E-state index in [1.54, 1.807) is 6.07 Å². The number of sulfone groups is 1. The number of likely N-dealkylation sites (tertiary alicyclic amines) is 1. The number of nitrogens with one attached hydrogen (secondary N) is 1. The van der Waals surface area contributed by atoms with Crippen molar-refractivity contribution in [1.82, 2.24) is 4.90 Å². The fourth-order valence-corrected chi connectivity index (χ4v) is 3.26. The van der Waals surface area contributed by atoms with Crippen LogP contribution in [0.3, 0.4) is 0 Å². The summed E-state index contributed by atoms with van der Waals surface area (Å²) in [6.07, 6.45) is 1.85. The Hall–Kier alpha value is -1.67. The monoisotopic (exact) mass is 299 g/mol. The van der Waals surface area contributed by atoms with Gasteiger partial charge >= 0.3 is 5.69 Å². The van der Waals surface area contributed by atoms with E-state index in [9.17, 15) is 18.5 Å². The average Bonchev–Trinajstić information content (AvgIpc) is 2.73. The third kappa shape index (κ3) is 3.07. The van der Waals surface area contributed by atoms with Crippen LogP contribution < -0.4 is 5.32 Å². The van der Waals surface area contributed by atoms with Gasteiger partial charge in [-0.3, -0.25) is 10.1 Å². The molecular formula is C12H17N3O4S. The molecule has 20 heavy (non-hydrogen) atoms. The molecule has 1 N–H and O–H groups in total. The Morgan fingerprint density at radius 1 is 1.45 bits per heavy atom.